The minimum absolute atomic E-state index is 0.434. The number of hydrogen-bond acceptors (Lipinski definition) is 5. The Morgan fingerprint density at radius 3 is 2.95 bits per heavy atom. The average Bonchev–Trinajstić information content (AvgIpc) is 2.58. The van der Waals surface area contributed by atoms with Crippen LogP contribution in [-0.4, -0.2) is 51.2 Å². The Labute approximate surface area is 136 Å². The SMILES string of the molecule is COCCCOc1cc2c(cc1OC)C=NC1CCSCC21. The van der Waals surface area contributed by atoms with Crippen molar-refractivity contribution in [2.24, 2.45) is 4.99 Å². The van der Waals surface area contributed by atoms with E-state index < -0.39 is 0 Å². The lowest BCUT2D eigenvalue weighted by atomic mass is 9.86. The van der Waals surface area contributed by atoms with E-state index in [1.807, 2.05) is 18.0 Å². The van der Waals surface area contributed by atoms with Crippen molar-refractivity contribution >= 4 is 18.0 Å². The molecule has 2 heterocycles. The van der Waals surface area contributed by atoms with Gasteiger partial charge in [-0.25, -0.2) is 0 Å². The highest BCUT2D eigenvalue weighted by molar-refractivity contribution is 7.99. The van der Waals surface area contributed by atoms with Crippen molar-refractivity contribution in [2.75, 3.05) is 38.9 Å². The third-order valence-corrected chi connectivity index (χ3v) is 5.36. The summed E-state index contributed by atoms with van der Waals surface area (Å²) in [6.45, 7) is 1.35. The van der Waals surface area contributed by atoms with Gasteiger partial charge in [-0.1, -0.05) is 0 Å². The van der Waals surface area contributed by atoms with Crippen molar-refractivity contribution in [1.82, 2.24) is 0 Å². The molecular formula is C17H23NO3S. The summed E-state index contributed by atoms with van der Waals surface area (Å²) in [7, 11) is 3.39. The molecule has 0 spiro atoms. The van der Waals surface area contributed by atoms with Crippen LogP contribution in [0.1, 0.15) is 29.9 Å². The zero-order valence-electron chi connectivity index (χ0n) is 13.2. The van der Waals surface area contributed by atoms with Gasteiger partial charge in [0, 0.05) is 38.0 Å². The maximum absolute atomic E-state index is 5.92. The van der Waals surface area contributed by atoms with Gasteiger partial charge in [-0.2, -0.15) is 11.8 Å². The van der Waals surface area contributed by atoms with Gasteiger partial charge in [0.15, 0.2) is 11.5 Å². The van der Waals surface area contributed by atoms with E-state index in [1.165, 1.54) is 23.3 Å². The Kier molecular flexibility index (Phi) is 5.26. The number of ether oxygens (including phenoxy) is 3. The van der Waals surface area contributed by atoms with Crippen LogP contribution < -0.4 is 9.47 Å². The molecule has 1 aromatic rings. The monoisotopic (exact) mass is 321 g/mol. The maximum Gasteiger partial charge on any atom is 0.161 e. The summed E-state index contributed by atoms with van der Waals surface area (Å²) in [6, 6.07) is 4.65. The van der Waals surface area contributed by atoms with Crippen LogP contribution in [0.4, 0.5) is 0 Å². The summed E-state index contributed by atoms with van der Waals surface area (Å²) in [5.74, 6) is 4.48. The second-order valence-electron chi connectivity index (χ2n) is 5.64. The lowest BCUT2D eigenvalue weighted by Crippen LogP contribution is -2.28. The Balaban J connectivity index is 1.83. The lowest BCUT2D eigenvalue weighted by molar-refractivity contribution is 0.170. The highest BCUT2D eigenvalue weighted by atomic mass is 32.2. The summed E-state index contributed by atoms with van der Waals surface area (Å²) in [5, 5.41) is 0. The molecular weight excluding hydrogens is 298 g/mol. The van der Waals surface area contributed by atoms with E-state index in [0.717, 1.165) is 23.7 Å². The Hall–Kier alpha value is -1.20. The maximum atomic E-state index is 5.92. The number of fused-ring (bicyclic) bond motifs is 3. The number of hydrogen-bond donors (Lipinski definition) is 0. The molecule has 5 heteroatoms. The van der Waals surface area contributed by atoms with E-state index in [0.29, 0.717) is 25.2 Å². The van der Waals surface area contributed by atoms with Crippen LogP contribution in [0.3, 0.4) is 0 Å². The van der Waals surface area contributed by atoms with Gasteiger partial charge in [-0.15, -0.1) is 0 Å². The molecule has 0 radical (unpaired) electrons. The molecule has 0 N–H and O–H groups in total. The predicted molar refractivity (Wildman–Crippen MR) is 91.0 cm³/mol. The second-order valence-corrected chi connectivity index (χ2v) is 6.79. The van der Waals surface area contributed by atoms with Crippen LogP contribution in [0.5, 0.6) is 11.5 Å². The highest BCUT2D eigenvalue weighted by Gasteiger charge is 2.31. The second kappa shape index (κ2) is 7.38. The van der Waals surface area contributed by atoms with Gasteiger partial charge in [0.2, 0.25) is 0 Å². The zero-order valence-corrected chi connectivity index (χ0v) is 14.0. The van der Waals surface area contributed by atoms with E-state index >= 15 is 0 Å². The number of benzene rings is 1. The van der Waals surface area contributed by atoms with Gasteiger partial charge in [-0.3, -0.25) is 4.99 Å². The molecule has 2 aliphatic heterocycles. The quantitative estimate of drug-likeness (QED) is 0.755. The fourth-order valence-electron chi connectivity index (χ4n) is 3.06. The van der Waals surface area contributed by atoms with E-state index in [4.69, 9.17) is 19.2 Å². The number of methoxy groups -OCH3 is 2. The summed E-state index contributed by atoms with van der Waals surface area (Å²) < 4.78 is 16.5. The van der Waals surface area contributed by atoms with Crippen molar-refractivity contribution in [3.63, 3.8) is 0 Å². The molecule has 0 aromatic heterocycles. The first-order valence-corrected chi connectivity index (χ1v) is 8.93. The average molecular weight is 321 g/mol. The standard InChI is InChI=1S/C17H23NO3S/c1-19-5-3-6-21-17-9-13-12(8-16(17)20-2)10-18-15-4-7-22-11-14(13)15/h8-10,14-15H,3-7,11H2,1-2H3. The molecule has 1 saturated heterocycles. The van der Waals surface area contributed by atoms with Crippen LogP contribution in [0.15, 0.2) is 17.1 Å². The number of rotatable bonds is 6. The largest absolute Gasteiger partial charge is 0.493 e. The number of aliphatic imine (C=N–C) groups is 1. The minimum Gasteiger partial charge on any atom is -0.493 e. The summed E-state index contributed by atoms with van der Waals surface area (Å²) in [4.78, 5) is 4.73. The summed E-state index contributed by atoms with van der Waals surface area (Å²) >= 11 is 2.02. The molecule has 1 fully saturated rings. The third-order valence-electron chi connectivity index (χ3n) is 4.24. The Morgan fingerprint density at radius 2 is 2.14 bits per heavy atom. The number of nitrogens with zero attached hydrogens (tertiary/aromatic N) is 1. The highest BCUT2D eigenvalue weighted by Crippen LogP contribution is 2.41. The smallest absolute Gasteiger partial charge is 0.161 e. The first-order chi connectivity index (χ1) is 10.8. The van der Waals surface area contributed by atoms with E-state index in [1.54, 1.807) is 14.2 Å². The molecule has 1 aromatic carbocycles. The van der Waals surface area contributed by atoms with Gasteiger partial charge in [-0.05, 0) is 35.4 Å². The van der Waals surface area contributed by atoms with Crippen LogP contribution in [0.2, 0.25) is 0 Å². The van der Waals surface area contributed by atoms with Gasteiger partial charge in [0.25, 0.3) is 0 Å². The number of thioether (sulfide) groups is 1. The molecule has 22 heavy (non-hydrogen) atoms. The van der Waals surface area contributed by atoms with Crippen LogP contribution in [0, 0.1) is 0 Å². The van der Waals surface area contributed by atoms with Crippen LogP contribution in [-0.2, 0) is 4.74 Å². The zero-order chi connectivity index (χ0) is 15.4. The van der Waals surface area contributed by atoms with Crippen molar-refractivity contribution in [2.45, 2.75) is 24.8 Å². The fraction of sp³-hybridized carbons (Fsp3) is 0.588. The normalized spacial score (nSPS) is 22.8. The molecule has 0 aliphatic carbocycles. The van der Waals surface area contributed by atoms with Crippen molar-refractivity contribution in [3.8, 4) is 11.5 Å². The molecule has 0 amide bonds. The molecule has 2 atom stereocenters. The Morgan fingerprint density at radius 1 is 1.23 bits per heavy atom. The topological polar surface area (TPSA) is 40.0 Å². The van der Waals surface area contributed by atoms with Crippen LogP contribution in [0.25, 0.3) is 0 Å². The predicted octanol–water partition coefficient (Wildman–Crippen LogP) is 3.13. The van der Waals surface area contributed by atoms with E-state index in [9.17, 15) is 0 Å². The minimum atomic E-state index is 0.434. The molecule has 2 aliphatic rings. The van der Waals surface area contributed by atoms with Gasteiger partial charge < -0.3 is 14.2 Å². The molecule has 120 valence electrons. The summed E-state index contributed by atoms with van der Waals surface area (Å²) in [6.07, 6.45) is 4.05. The third kappa shape index (κ3) is 3.25. The van der Waals surface area contributed by atoms with Gasteiger partial charge in [0.05, 0.1) is 19.8 Å². The molecule has 3 rings (SSSR count). The summed E-state index contributed by atoms with van der Waals surface area (Å²) in [5.41, 5.74) is 2.53. The van der Waals surface area contributed by atoms with Crippen LogP contribution >= 0.6 is 11.8 Å². The Bertz CT molecular complexity index is 547. The lowest BCUT2D eigenvalue weighted by Gasteiger charge is -2.33. The molecule has 0 saturated carbocycles. The van der Waals surface area contributed by atoms with E-state index in [2.05, 4.69) is 12.1 Å². The van der Waals surface area contributed by atoms with Gasteiger partial charge in [0.1, 0.15) is 0 Å². The molecule has 4 nitrogen and oxygen atoms in total. The van der Waals surface area contributed by atoms with Crippen molar-refractivity contribution in [3.05, 3.63) is 23.3 Å². The van der Waals surface area contributed by atoms with Gasteiger partial charge >= 0.3 is 0 Å². The molecule has 0 bridgehead atoms. The van der Waals surface area contributed by atoms with E-state index in [-0.39, 0.29) is 0 Å². The molecule has 2 unspecified atom stereocenters. The first kappa shape index (κ1) is 15.7. The first-order valence-electron chi connectivity index (χ1n) is 7.78. The van der Waals surface area contributed by atoms with Crippen molar-refractivity contribution in [1.29, 1.82) is 0 Å². The van der Waals surface area contributed by atoms with Crippen molar-refractivity contribution < 1.29 is 14.2 Å². The fourth-order valence-corrected chi connectivity index (χ4v) is 4.29.